The summed E-state index contributed by atoms with van der Waals surface area (Å²) in [5, 5.41) is 12.3. The van der Waals surface area contributed by atoms with Crippen molar-refractivity contribution in [3.63, 3.8) is 0 Å². The van der Waals surface area contributed by atoms with E-state index in [9.17, 15) is 4.39 Å². The third kappa shape index (κ3) is 3.64. The summed E-state index contributed by atoms with van der Waals surface area (Å²) in [6.45, 7) is 0.564. The highest BCUT2D eigenvalue weighted by Crippen LogP contribution is 2.12. The average molecular weight is 254 g/mol. The van der Waals surface area contributed by atoms with E-state index < -0.39 is 0 Å². The SMILES string of the molecule is N#CC(NCCc1ccccc1F)c1ccccc1. The number of halogens is 1. The highest BCUT2D eigenvalue weighted by Gasteiger charge is 2.09. The van der Waals surface area contributed by atoms with Crippen molar-refractivity contribution >= 4 is 0 Å². The number of nitriles is 1. The summed E-state index contributed by atoms with van der Waals surface area (Å²) >= 11 is 0. The van der Waals surface area contributed by atoms with Crippen LogP contribution in [0.2, 0.25) is 0 Å². The van der Waals surface area contributed by atoms with Gasteiger partial charge >= 0.3 is 0 Å². The molecule has 0 amide bonds. The van der Waals surface area contributed by atoms with Crippen LogP contribution in [-0.4, -0.2) is 6.54 Å². The number of rotatable bonds is 5. The van der Waals surface area contributed by atoms with Crippen molar-refractivity contribution in [1.82, 2.24) is 5.32 Å². The van der Waals surface area contributed by atoms with Crippen molar-refractivity contribution in [3.8, 4) is 6.07 Å². The first-order valence-electron chi connectivity index (χ1n) is 6.22. The second kappa shape index (κ2) is 6.67. The molecule has 0 aliphatic heterocycles. The quantitative estimate of drug-likeness (QED) is 0.889. The second-order valence-electron chi connectivity index (χ2n) is 4.27. The van der Waals surface area contributed by atoms with E-state index in [0.29, 0.717) is 18.5 Å². The molecule has 1 N–H and O–H groups in total. The van der Waals surface area contributed by atoms with Crippen LogP contribution in [0.1, 0.15) is 17.2 Å². The van der Waals surface area contributed by atoms with Gasteiger partial charge in [0.05, 0.1) is 6.07 Å². The van der Waals surface area contributed by atoms with Gasteiger partial charge < -0.3 is 0 Å². The lowest BCUT2D eigenvalue weighted by atomic mass is 10.1. The van der Waals surface area contributed by atoms with Crippen LogP contribution < -0.4 is 5.32 Å². The summed E-state index contributed by atoms with van der Waals surface area (Å²) < 4.78 is 13.4. The molecule has 1 atom stereocenters. The molecule has 2 aromatic carbocycles. The van der Waals surface area contributed by atoms with E-state index >= 15 is 0 Å². The van der Waals surface area contributed by atoms with Crippen LogP contribution in [0.15, 0.2) is 54.6 Å². The smallest absolute Gasteiger partial charge is 0.126 e. The minimum absolute atomic E-state index is 0.197. The summed E-state index contributed by atoms with van der Waals surface area (Å²) in [4.78, 5) is 0. The van der Waals surface area contributed by atoms with Crippen molar-refractivity contribution in [2.75, 3.05) is 6.54 Å². The molecule has 0 saturated carbocycles. The van der Waals surface area contributed by atoms with E-state index in [4.69, 9.17) is 5.26 Å². The molecule has 0 heterocycles. The van der Waals surface area contributed by atoms with Gasteiger partial charge in [-0.15, -0.1) is 0 Å². The molecule has 0 aromatic heterocycles. The van der Waals surface area contributed by atoms with Gasteiger partial charge in [0, 0.05) is 6.54 Å². The standard InChI is InChI=1S/C16H15FN2/c17-15-9-5-4-6-13(15)10-11-19-16(12-18)14-7-2-1-3-8-14/h1-9,16,19H,10-11H2. The fraction of sp³-hybridized carbons (Fsp3) is 0.188. The third-order valence-electron chi connectivity index (χ3n) is 2.96. The molecule has 0 aliphatic rings. The minimum Gasteiger partial charge on any atom is -0.298 e. The lowest BCUT2D eigenvalue weighted by molar-refractivity contribution is 0.586. The van der Waals surface area contributed by atoms with Gasteiger partial charge in [-0.2, -0.15) is 5.26 Å². The lowest BCUT2D eigenvalue weighted by Crippen LogP contribution is -2.22. The molecule has 0 saturated heterocycles. The molecular formula is C16H15FN2. The molecule has 0 fully saturated rings. The molecular weight excluding hydrogens is 239 g/mol. The molecule has 96 valence electrons. The van der Waals surface area contributed by atoms with Gasteiger partial charge in [0.25, 0.3) is 0 Å². The van der Waals surface area contributed by atoms with E-state index in [1.165, 1.54) is 6.07 Å². The Bertz CT molecular complexity index is 560. The van der Waals surface area contributed by atoms with Gasteiger partial charge in [0.15, 0.2) is 0 Å². The minimum atomic E-state index is -0.354. The zero-order chi connectivity index (χ0) is 13.5. The van der Waals surface area contributed by atoms with E-state index in [-0.39, 0.29) is 11.9 Å². The maximum Gasteiger partial charge on any atom is 0.126 e. The number of hydrogen-bond donors (Lipinski definition) is 1. The average Bonchev–Trinajstić information content (AvgIpc) is 2.46. The van der Waals surface area contributed by atoms with Crippen molar-refractivity contribution in [2.45, 2.75) is 12.5 Å². The lowest BCUT2D eigenvalue weighted by Gasteiger charge is -2.11. The van der Waals surface area contributed by atoms with Crippen LogP contribution in [0.25, 0.3) is 0 Å². The van der Waals surface area contributed by atoms with Crippen LogP contribution >= 0.6 is 0 Å². The van der Waals surface area contributed by atoms with Gasteiger partial charge in [-0.25, -0.2) is 4.39 Å². The normalized spacial score (nSPS) is 11.8. The van der Waals surface area contributed by atoms with Gasteiger partial charge in [-0.3, -0.25) is 5.32 Å². The summed E-state index contributed by atoms with van der Waals surface area (Å²) in [5.74, 6) is -0.197. The summed E-state index contributed by atoms with van der Waals surface area (Å²) in [5.41, 5.74) is 1.60. The van der Waals surface area contributed by atoms with E-state index in [1.807, 2.05) is 36.4 Å². The molecule has 2 nitrogen and oxygen atoms in total. The number of nitrogens with zero attached hydrogens (tertiary/aromatic N) is 1. The van der Waals surface area contributed by atoms with E-state index in [0.717, 1.165) is 5.56 Å². The molecule has 0 radical (unpaired) electrons. The molecule has 0 spiro atoms. The summed E-state index contributed by atoms with van der Waals surface area (Å²) in [7, 11) is 0. The molecule has 3 heteroatoms. The van der Waals surface area contributed by atoms with E-state index in [1.54, 1.807) is 12.1 Å². The maximum atomic E-state index is 13.4. The Morgan fingerprint density at radius 2 is 1.74 bits per heavy atom. The molecule has 19 heavy (non-hydrogen) atoms. The molecule has 0 aliphatic carbocycles. The Morgan fingerprint density at radius 3 is 2.42 bits per heavy atom. The number of nitrogens with one attached hydrogen (secondary N) is 1. The van der Waals surface area contributed by atoms with E-state index in [2.05, 4.69) is 11.4 Å². The topological polar surface area (TPSA) is 35.8 Å². The predicted molar refractivity (Wildman–Crippen MR) is 72.9 cm³/mol. The zero-order valence-corrected chi connectivity index (χ0v) is 10.5. The third-order valence-corrected chi connectivity index (χ3v) is 2.96. The van der Waals surface area contributed by atoms with Crippen molar-refractivity contribution < 1.29 is 4.39 Å². The first kappa shape index (κ1) is 13.3. The highest BCUT2D eigenvalue weighted by atomic mass is 19.1. The number of hydrogen-bond acceptors (Lipinski definition) is 2. The summed E-state index contributed by atoms with van der Waals surface area (Å²) in [6, 6.07) is 18.1. The molecule has 2 rings (SSSR count). The first-order valence-corrected chi connectivity index (χ1v) is 6.22. The van der Waals surface area contributed by atoms with Crippen LogP contribution in [0.3, 0.4) is 0 Å². The maximum absolute atomic E-state index is 13.4. The Morgan fingerprint density at radius 1 is 1.05 bits per heavy atom. The van der Waals surface area contributed by atoms with Crippen LogP contribution in [-0.2, 0) is 6.42 Å². The molecule has 2 aromatic rings. The van der Waals surface area contributed by atoms with Gasteiger partial charge in [0.2, 0.25) is 0 Å². The van der Waals surface area contributed by atoms with Crippen molar-refractivity contribution in [3.05, 3.63) is 71.5 Å². The van der Waals surface area contributed by atoms with Crippen molar-refractivity contribution in [2.24, 2.45) is 0 Å². The van der Waals surface area contributed by atoms with Gasteiger partial charge in [0.1, 0.15) is 11.9 Å². The van der Waals surface area contributed by atoms with Gasteiger partial charge in [-0.05, 0) is 23.6 Å². The largest absolute Gasteiger partial charge is 0.298 e. The Hall–Kier alpha value is -2.18. The number of benzene rings is 2. The Labute approximate surface area is 112 Å². The van der Waals surface area contributed by atoms with Crippen LogP contribution in [0.4, 0.5) is 4.39 Å². The second-order valence-corrected chi connectivity index (χ2v) is 4.27. The highest BCUT2D eigenvalue weighted by molar-refractivity contribution is 5.24. The van der Waals surface area contributed by atoms with Crippen LogP contribution in [0.5, 0.6) is 0 Å². The van der Waals surface area contributed by atoms with Crippen LogP contribution in [0, 0.1) is 17.1 Å². The fourth-order valence-corrected chi connectivity index (χ4v) is 1.94. The van der Waals surface area contributed by atoms with Gasteiger partial charge in [-0.1, -0.05) is 48.5 Å². The fourth-order valence-electron chi connectivity index (χ4n) is 1.94. The molecule has 1 unspecified atom stereocenters. The zero-order valence-electron chi connectivity index (χ0n) is 10.5. The molecule has 0 bridgehead atoms. The van der Waals surface area contributed by atoms with Crippen molar-refractivity contribution in [1.29, 1.82) is 5.26 Å². The monoisotopic (exact) mass is 254 g/mol. The predicted octanol–water partition coefficient (Wildman–Crippen LogP) is 3.22. The Balaban J connectivity index is 1.92. The Kier molecular flexibility index (Phi) is 4.66. The summed E-state index contributed by atoms with van der Waals surface area (Å²) in [6.07, 6.45) is 0.567. The first-order chi connectivity index (χ1) is 9.31.